The van der Waals surface area contributed by atoms with Crippen molar-refractivity contribution in [3.8, 4) is 23.0 Å². The molecule has 0 aromatic heterocycles. The largest absolute Gasteiger partial charge is 0.508 e. The number of aliphatic carboxylic acids is 1. The Morgan fingerprint density at radius 2 is 1.76 bits per heavy atom. The van der Waals surface area contributed by atoms with Crippen molar-refractivity contribution >= 4 is 5.97 Å². The Balaban J connectivity index is 1.96. The van der Waals surface area contributed by atoms with E-state index in [1.54, 1.807) is 25.3 Å². The molecule has 0 aliphatic heterocycles. The Morgan fingerprint density at radius 1 is 1.04 bits per heavy atom. The van der Waals surface area contributed by atoms with Gasteiger partial charge in [0.25, 0.3) is 0 Å². The maximum atomic E-state index is 10.5. The van der Waals surface area contributed by atoms with Crippen LogP contribution in [0.15, 0.2) is 36.4 Å². The second-order valence-electron chi connectivity index (χ2n) is 5.52. The summed E-state index contributed by atoms with van der Waals surface area (Å²) in [5.74, 6) is 0.783. The lowest BCUT2D eigenvalue weighted by molar-refractivity contribution is -0.139. The number of carboxylic acids is 1. The van der Waals surface area contributed by atoms with E-state index < -0.39 is 5.97 Å². The van der Waals surface area contributed by atoms with Crippen LogP contribution >= 0.6 is 0 Å². The van der Waals surface area contributed by atoms with Gasteiger partial charge in [-0.3, -0.25) is 0 Å². The second-order valence-corrected chi connectivity index (χ2v) is 5.52. The number of aryl methyl sites for hydroxylation is 2. The van der Waals surface area contributed by atoms with Gasteiger partial charge in [-0.05, 0) is 48.6 Å². The number of hydrogen-bond acceptors (Lipinski definition) is 5. The molecule has 0 radical (unpaired) electrons. The maximum absolute atomic E-state index is 10.5. The topological polar surface area (TPSA) is 85.2 Å². The fourth-order valence-electron chi connectivity index (χ4n) is 2.53. The summed E-state index contributed by atoms with van der Waals surface area (Å²) >= 11 is 0. The number of hydrogen-bond donors (Lipinski definition) is 2. The number of aromatic hydroxyl groups is 1. The summed E-state index contributed by atoms with van der Waals surface area (Å²) in [4.78, 5) is 10.5. The summed E-state index contributed by atoms with van der Waals surface area (Å²) in [5, 5.41) is 18.7. The first-order valence-electron chi connectivity index (χ1n) is 7.91. The highest BCUT2D eigenvalue weighted by Gasteiger charge is 2.10. The molecule has 0 bridgehead atoms. The summed E-state index contributed by atoms with van der Waals surface area (Å²) in [5.41, 5.74) is 1.83. The first-order valence-corrected chi connectivity index (χ1v) is 7.91. The van der Waals surface area contributed by atoms with E-state index in [1.165, 1.54) is 7.11 Å². The van der Waals surface area contributed by atoms with E-state index in [9.17, 15) is 9.90 Å². The third kappa shape index (κ3) is 5.31. The van der Waals surface area contributed by atoms with Crippen molar-refractivity contribution in [2.75, 3.05) is 20.8 Å². The molecule has 0 aliphatic carbocycles. The molecule has 0 amide bonds. The molecule has 0 saturated carbocycles. The van der Waals surface area contributed by atoms with E-state index in [0.29, 0.717) is 23.7 Å². The molecule has 6 heteroatoms. The van der Waals surface area contributed by atoms with Crippen molar-refractivity contribution in [1.29, 1.82) is 0 Å². The fourth-order valence-corrected chi connectivity index (χ4v) is 2.53. The number of phenolic OH excluding ortho intramolecular Hbond substituents is 1. The molecule has 2 aromatic carbocycles. The van der Waals surface area contributed by atoms with Crippen molar-refractivity contribution in [3.63, 3.8) is 0 Å². The van der Waals surface area contributed by atoms with Gasteiger partial charge in [0.2, 0.25) is 0 Å². The van der Waals surface area contributed by atoms with Gasteiger partial charge in [-0.2, -0.15) is 0 Å². The van der Waals surface area contributed by atoms with E-state index in [1.807, 2.05) is 18.2 Å². The van der Waals surface area contributed by atoms with Crippen LogP contribution in [0.1, 0.15) is 17.5 Å². The lowest BCUT2D eigenvalue weighted by atomic mass is 10.0. The summed E-state index contributed by atoms with van der Waals surface area (Å²) in [7, 11) is 3.08. The highest BCUT2D eigenvalue weighted by molar-refractivity contribution is 5.68. The highest BCUT2D eigenvalue weighted by atomic mass is 16.5. The van der Waals surface area contributed by atoms with Crippen LogP contribution in [0.3, 0.4) is 0 Å². The van der Waals surface area contributed by atoms with Gasteiger partial charge in [0, 0.05) is 6.07 Å². The highest BCUT2D eigenvalue weighted by Crippen LogP contribution is 2.34. The van der Waals surface area contributed by atoms with Crippen molar-refractivity contribution in [3.05, 3.63) is 47.5 Å². The summed E-state index contributed by atoms with van der Waals surface area (Å²) < 4.78 is 15.6. The van der Waals surface area contributed by atoms with Crippen LogP contribution in [0.25, 0.3) is 0 Å². The zero-order chi connectivity index (χ0) is 18.2. The number of carbonyl (C=O) groups is 1. The van der Waals surface area contributed by atoms with Crippen molar-refractivity contribution in [2.24, 2.45) is 0 Å². The monoisotopic (exact) mass is 346 g/mol. The minimum Gasteiger partial charge on any atom is -0.508 e. The van der Waals surface area contributed by atoms with Crippen LogP contribution in [0.4, 0.5) is 0 Å². The van der Waals surface area contributed by atoms with Crippen LogP contribution in [0, 0.1) is 0 Å². The minimum atomic E-state index is -1.01. The molecule has 2 aromatic rings. The van der Waals surface area contributed by atoms with Gasteiger partial charge in [0.05, 0.1) is 14.2 Å². The number of benzene rings is 2. The van der Waals surface area contributed by atoms with Gasteiger partial charge in [0.15, 0.2) is 18.1 Å². The fraction of sp³-hybridized carbons (Fsp3) is 0.316. The number of phenols is 1. The molecule has 0 fully saturated rings. The molecular weight excluding hydrogens is 324 g/mol. The zero-order valence-electron chi connectivity index (χ0n) is 14.3. The molecule has 6 nitrogen and oxygen atoms in total. The number of ether oxygens (including phenoxy) is 3. The Hall–Kier alpha value is -2.89. The molecule has 2 N–H and O–H groups in total. The van der Waals surface area contributed by atoms with E-state index in [4.69, 9.17) is 19.3 Å². The molecule has 134 valence electrons. The van der Waals surface area contributed by atoms with Crippen LogP contribution in [-0.2, 0) is 17.6 Å². The Morgan fingerprint density at radius 3 is 2.44 bits per heavy atom. The number of methoxy groups -OCH3 is 2. The van der Waals surface area contributed by atoms with Crippen molar-refractivity contribution in [2.45, 2.75) is 19.3 Å². The van der Waals surface area contributed by atoms with Crippen molar-refractivity contribution in [1.82, 2.24) is 0 Å². The lowest BCUT2D eigenvalue weighted by Crippen LogP contribution is -2.09. The normalized spacial score (nSPS) is 10.3. The van der Waals surface area contributed by atoms with Crippen molar-refractivity contribution < 1.29 is 29.2 Å². The lowest BCUT2D eigenvalue weighted by Gasteiger charge is -2.12. The minimum absolute atomic E-state index is 0.177. The molecule has 2 rings (SSSR count). The third-order valence-corrected chi connectivity index (χ3v) is 3.76. The van der Waals surface area contributed by atoms with Crippen LogP contribution in [0.5, 0.6) is 23.0 Å². The van der Waals surface area contributed by atoms with E-state index in [0.717, 1.165) is 24.0 Å². The summed E-state index contributed by atoms with van der Waals surface area (Å²) in [6, 6.07) is 10.7. The van der Waals surface area contributed by atoms with Gasteiger partial charge in [-0.25, -0.2) is 4.79 Å². The van der Waals surface area contributed by atoms with Gasteiger partial charge < -0.3 is 24.4 Å². The Kier molecular flexibility index (Phi) is 6.51. The third-order valence-electron chi connectivity index (χ3n) is 3.76. The maximum Gasteiger partial charge on any atom is 0.341 e. The van der Waals surface area contributed by atoms with Gasteiger partial charge in [0.1, 0.15) is 11.5 Å². The predicted octanol–water partition coefficient (Wildman–Crippen LogP) is 3.05. The molecule has 0 atom stereocenters. The first kappa shape index (κ1) is 18.4. The number of carboxylic acid groups (broad SMARTS) is 1. The molecule has 0 spiro atoms. The SMILES string of the molecule is COc1cc(O)c(CCCc2cccc(OCC(=O)O)c2)cc1OC. The van der Waals surface area contributed by atoms with Crippen LogP contribution < -0.4 is 14.2 Å². The van der Waals surface area contributed by atoms with Gasteiger partial charge in [-0.1, -0.05) is 12.1 Å². The predicted molar refractivity (Wildman–Crippen MR) is 92.8 cm³/mol. The molecule has 25 heavy (non-hydrogen) atoms. The van der Waals surface area contributed by atoms with Gasteiger partial charge in [-0.15, -0.1) is 0 Å². The van der Waals surface area contributed by atoms with Crippen LogP contribution in [0.2, 0.25) is 0 Å². The quantitative estimate of drug-likeness (QED) is 0.726. The second kappa shape index (κ2) is 8.82. The molecule has 0 heterocycles. The molecular formula is C19H22O6. The molecule has 0 unspecified atom stereocenters. The first-order chi connectivity index (χ1) is 12.0. The van der Waals surface area contributed by atoms with E-state index in [-0.39, 0.29) is 12.4 Å². The number of rotatable bonds is 9. The Bertz CT molecular complexity index is 726. The average Bonchev–Trinajstić information content (AvgIpc) is 2.61. The Labute approximate surface area is 146 Å². The molecule has 0 aliphatic rings. The van der Waals surface area contributed by atoms with E-state index >= 15 is 0 Å². The van der Waals surface area contributed by atoms with Crippen LogP contribution in [-0.4, -0.2) is 37.0 Å². The standard InChI is InChI=1S/C19H22O6/c1-23-17-10-14(16(20)11-18(17)24-2)7-3-5-13-6-4-8-15(9-13)25-12-19(21)22/h4,6,8-11,20H,3,5,7,12H2,1-2H3,(H,21,22). The summed E-state index contributed by atoms with van der Waals surface area (Å²) in [6.07, 6.45) is 2.26. The van der Waals surface area contributed by atoms with E-state index in [2.05, 4.69) is 0 Å². The zero-order valence-corrected chi connectivity index (χ0v) is 14.3. The van der Waals surface area contributed by atoms with Gasteiger partial charge >= 0.3 is 5.97 Å². The summed E-state index contributed by atoms with van der Waals surface area (Å²) in [6.45, 7) is -0.358. The molecule has 0 saturated heterocycles. The smallest absolute Gasteiger partial charge is 0.341 e. The average molecular weight is 346 g/mol.